The lowest BCUT2D eigenvalue weighted by molar-refractivity contribution is -0.130. The molecule has 0 saturated carbocycles. The third-order valence-electron chi connectivity index (χ3n) is 7.19. The Morgan fingerprint density at radius 3 is 2.40 bits per heavy atom. The normalized spacial score (nSPS) is 14.1. The fourth-order valence-electron chi connectivity index (χ4n) is 4.83. The molecule has 45 heavy (non-hydrogen) atoms. The molecule has 13 heteroatoms. The minimum Gasteiger partial charge on any atom is -0.497 e. The van der Waals surface area contributed by atoms with Gasteiger partial charge in [0.15, 0.2) is 29.1 Å². The van der Waals surface area contributed by atoms with Gasteiger partial charge >= 0.3 is 0 Å². The van der Waals surface area contributed by atoms with Crippen molar-refractivity contribution in [2.75, 3.05) is 33.7 Å². The maximum Gasteiger partial charge on any atom is 0.258 e. The van der Waals surface area contributed by atoms with Crippen molar-refractivity contribution in [2.45, 2.75) is 24.2 Å². The van der Waals surface area contributed by atoms with Gasteiger partial charge in [-0.2, -0.15) is 5.10 Å². The van der Waals surface area contributed by atoms with Crippen LogP contribution in [0.5, 0.6) is 23.0 Å². The number of hydrogen-bond acceptors (Lipinski definition) is 10. The molecule has 2 heterocycles. The summed E-state index contributed by atoms with van der Waals surface area (Å²) in [5, 5.41) is 18.0. The number of benzene rings is 3. The molecule has 0 radical (unpaired) electrons. The lowest BCUT2D eigenvalue weighted by atomic mass is 9.97. The van der Waals surface area contributed by atoms with Crippen molar-refractivity contribution in [2.24, 2.45) is 12.1 Å². The van der Waals surface area contributed by atoms with Crippen molar-refractivity contribution in [3.8, 4) is 23.0 Å². The number of ether oxygens (including phenoxy) is 4. The molecule has 234 valence electrons. The number of thioether (sulfide) groups is 1. The molecule has 12 nitrogen and oxygen atoms in total. The minimum atomic E-state index is -0.413. The van der Waals surface area contributed by atoms with Gasteiger partial charge in [0.2, 0.25) is 0 Å². The zero-order valence-electron chi connectivity index (χ0n) is 25.4. The van der Waals surface area contributed by atoms with E-state index in [4.69, 9.17) is 24.0 Å². The molecular formula is C32H34N6O6S. The Morgan fingerprint density at radius 2 is 1.69 bits per heavy atom. The number of aromatic nitrogens is 3. The van der Waals surface area contributed by atoms with E-state index in [0.29, 0.717) is 34.7 Å². The highest BCUT2D eigenvalue weighted by molar-refractivity contribution is 7.99. The Bertz CT molecular complexity index is 1660. The molecule has 0 saturated heterocycles. The quantitative estimate of drug-likeness (QED) is 0.218. The molecule has 1 aliphatic rings. The van der Waals surface area contributed by atoms with E-state index in [0.717, 1.165) is 22.6 Å². The Labute approximate surface area is 265 Å². The molecule has 0 spiro atoms. The molecule has 1 N–H and O–H groups in total. The standard InChI is InChI=1S/C32H34N6O6S/c1-37-28(18-33-29(39)19-44-23-9-6-5-7-10-23)34-35-32(37)45-20-30(40)38-26(24-11-8-12-27(42-3)31(24)43-4)17-25(36-38)21-13-15-22(41-2)16-14-21/h5-16,26H,17-20H2,1-4H3,(H,33,39)/t26-/m1/s1. The summed E-state index contributed by atoms with van der Waals surface area (Å²) in [5.41, 5.74) is 2.44. The van der Waals surface area contributed by atoms with Crippen LogP contribution in [-0.2, 0) is 23.2 Å². The summed E-state index contributed by atoms with van der Waals surface area (Å²) < 4.78 is 23.8. The van der Waals surface area contributed by atoms with Crippen LogP contribution in [-0.4, -0.2) is 71.0 Å². The first-order valence-corrected chi connectivity index (χ1v) is 15.1. The van der Waals surface area contributed by atoms with Crippen LogP contribution in [0.25, 0.3) is 0 Å². The fourth-order valence-corrected chi connectivity index (χ4v) is 5.61. The summed E-state index contributed by atoms with van der Waals surface area (Å²) in [6, 6.07) is 21.9. The Kier molecular flexibility index (Phi) is 10.2. The van der Waals surface area contributed by atoms with E-state index in [1.807, 2.05) is 60.7 Å². The van der Waals surface area contributed by atoms with E-state index in [2.05, 4.69) is 15.5 Å². The number of hydrogen-bond donors (Lipinski definition) is 1. The predicted octanol–water partition coefficient (Wildman–Crippen LogP) is 4.01. The lowest BCUT2D eigenvalue weighted by Gasteiger charge is -2.24. The summed E-state index contributed by atoms with van der Waals surface area (Å²) in [6.45, 7) is 0.0421. The topological polar surface area (TPSA) is 129 Å². The maximum atomic E-state index is 13.7. The van der Waals surface area contributed by atoms with Crippen LogP contribution in [0.15, 0.2) is 83.1 Å². The number of methoxy groups -OCH3 is 3. The monoisotopic (exact) mass is 630 g/mol. The third kappa shape index (κ3) is 7.37. The van der Waals surface area contributed by atoms with E-state index in [-0.39, 0.29) is 30.7 Å². The van der Waals surface area contributed by atoms with Crippen LogP contribution in [0, 0.1) is 0 Å². The Hall–Kier alpha value is -5.04. The number of nitrogens with one attached hydrogen (secondary N) is 1. The summed E-state index contributed by atoms with van der Waals surface area (Å²) in [4.78, 5) is 26.0. The van der Waals surface area contributed by atoms with Crippen LogP contribution >= 0.6 is 11.8 Å². The fraction of sp³-hybridized carbons (Fsp3) is 0.281. The largest absolute Gasteiger partial charge is 0.497 e. The molecule has 2 amide bonds. The van der Waals surface area contributed by atoms with Gasteiger partial charge in [-0.15, -0.1) is 10.2 Å². The number of hydrazone groups is 1. The second-order valence-electron chi connectivity index (χ2n) is 9.94. The zero-order valence-corrected chi connectivity index (χ0v) is 26.2. The van der Waals surface area contributed by atoms with E-state index in [9.17, 15) is 9.59 Å². The lowest BCUT2D eigenvalue weighted by Crippen LogP contribution is -2.29. The van der Waals surface area contributed by atoms with Gasteiger partial charge in [-0.3, -0.25) is 9.59 Å². The average Bonchev–Trinajstić information content (AvgIpc) is 3.69. The number of rotatable bonds is 13. The highest BCUT2D eigenvalue weighted by Crippen LogP contribution is 2.42. The summed E-state index contributed by atoms with van der Waals surface area (Å²) in [6.07, 6.45) is 0.480. The summed E-state index contributed by atoms with van der Waals surface area (Å²) in [7, 11) is 6.56. The molecule has 1 aliphatic heterocycles. The van der Waals surface area contributed by atoms with Gasteiger partial charge in [0.1, 0.15) is 11.5 Å². The molecule has 4 aromatic rings. The van der Waals surface area contributed by atoms with Crippen molar-refractivity contribution in [1.29, 1.82) is 0 Å². The molecule has 0 aliphatic carbocycles. The van der Waals surface area contributed by atoms with Crippen LogP contribution in [0.3, 0.4) is 0 Å². The summed E-state index contributed by atoms with van der Waals surface area (Å²) in [5.74, 6) is 2.56. The van der Waals surface area contributed by atoms with Crippen molar-refractivity contribution < 1.29 is 28.5 Å². The molecule has 0 unspecified atom stereocenters. The smallest absolute Gasteiger partial charge is 0.258 e. The predicted molar refractivity (Wildman–Crippen MR) is 169 cm³/mol. The van der Waals surface area contributed by atoms with Crippen molar-refractivity contribution in [3.05, 3.63) is 89.7 Å². The van der Waals surface area contributed by atoms with Crippen LogP contribution in [0.1, 0.15) is 29.4 Å². The first-order valence-electron chi connectivity index (χ1n) is 14.1. The highest BCUT2D eigenvalue weighted by Gasteiger charge is 2.35. The van der Waals surface area contributed by atoms with Crippen LogP contribution < -0.4 is 24.3 Å². The van der Waals surface area contributed by atoms with Gasteiger partial charge in [0.05, 0.1) is 45.4 Å². The van der Waals surface area contributed by atoms with Gasteiger partial charge < -0.3 is 28.8 Å². The Balaban J connectivity index is 1.27. The van der Waals surface area contributed by atoms with E-state index >= 15 is 0 Å². The Morgan fingerprint density at radius 1 is 0.911 bits per heavy atom. The van der Waals surface area contributed by atoms with Crippen LogP contribution in [0.4, 0.5) is 0 Å². The van der Waals surface area contributed by atoms with Gasteiger partial charge in [-0.1, -0.05) is 42.1 Å². The second kappa shape index (κ2) is 14.6. The van der Waals surface area contributed by atoms with Crippen molar-refractivity contribution in [1.82, 2.24) is 25.1 Å². The highest BCUT2D eigenvalue weighted by atomic mass is 32.2. The van der Waals surface area contributed by atoms with Crippen LogP contribution in [0.2, 0.25) is 0 Å². The maximum absolute atomic E-state index is 13.7. The number of amides is 2. The average molecular weight is 631 g/mol. The molecule has 5 rings (SSSR count). The first kappa shape index (κ1) is 31.4. The van der Waals surface area contributed by atoms with E-state index < -0.39 is 6.04 Å². The van der Waals surface area contributed by atoms with E-state index in [1.54, 1.807) is 45.1 Å². The molecular weight excluding hydrogens is 596 g/mol. The van der Waals surface area contributed by atoms with Crippen molar-refractivity contribution in [3.63, 3.8) is 0 Å². The third-order valence-corrected chi connectivity index (χ3v) is 8.19. The minimum absolute atomic E-state index is 0.0609. The van der Waals surface area contributed by atoms with Gasteiger partial charge in [0.25, 0.3) is 11.8 Å². The zero-order chi connectivity index (χ0) is 31.8. The van der Waals surface area contributed by atoms with Gasteiger partial charge in [0, 0.05) is 19.0 Å². The molecule has 1 atom stereocenters. The molecule has 3 aromatic carbocycles. The molecule has 1 aromatic heterocycles. The first-order chi connectivity index (χ1) is 21.9. The second-order valence-corrected chi connectivity index (χ2v) is 10.9. The van der Waals surface area contributed by atoms with Crippen molar-refractivity contribution >= 4 is 29.3 Å². The van der Waals surface area contributed by atoms with E-state index in [1.165, 1.54) is 16.8 Å². The number of carbonyl (C=O) groups excluding carboxylic acids is 2. The number of para-hydroxylation sites is 2. The summed E-state index contributed by atoms with van der Waals surface area (Å²) >= 11 is 1.24. The SMILES string of the molecule is COc1ccc(C2=NN(C(=O)CSc3nnc(CNC(=O)COc4ccccc4)n3C)[C@@H](c3cccc(OC)c3OC)C2)cc1. The van der Waals surface area contributed by atoms with Gasteiger partial charge in [-0.05, 0) is 48.0 Å². The molecule has 0 bridgehead atoms. The number of carbonyl (C=O) groups is 2. The number of nitrogens with zero attached hydrogens (tertiary/aromatic N) is 5. The van der Waals surface area contributed by atoms with Gasteiger partial charge in [-0.25, -0.2) is 5.01 Å². The molecule has 0 fully saturated rings.